The van der Waals surface area contributed by atoms with Gasteiger partial charge in [0.2, 0.25) is 0 Å². The fourth-order valence-electron chi connectivity index (χ4n) is 2.41. The zero-order chi connectivity index (χ0) is 17.4. The predicted molar refractivity (Wildman–Crippen MR) is 87.3 cm³/mol. The topological polar surface area (TPSA) is 72.6 Å². The minimum atomic E-state index is -0.536. The van der Waals surface area contributed by atoms with E-state index >= 15 is 0 Å². The third-order valence-corrected chi connectivity index (χ3v) is 3.47. The molecule has 0 N–H and O–H groups in total. The highest BCUT2D eigenvalue weighted by molar-refractivity contribution is 5.68. The van der Waals surface area contributed by atoms with E-state index in [9.17, 15) is 4.79 Å². The van der Waals surface area contributed by atoms with Crippen LogP contribution >= 0.6 is 0 Å². The number of carbonyl (C=O) groups excluding carboxylic acids is 1. The van der Waals surface area contributed by atoms with Crippen LogP contribution in [0.15, 0.2) is 6.07 Å². The highest BCUT2D eigenvalue weighted by Gasteiger charge is 2.28. The van der Waals surface area contributed by atoms with Gasteiger partial charge >= 0.3 is 6.09 Å². The summed E-state index contributed by atoms with van der Waals surface area (Å²) in [6.45, 7) is 11.4. The maximum absolute atomic E-state index is 12.3. The molecule has 0 fully saturated rings. The van der Waals surface area contributed by atoms with Crippen molar-refractivity contribution in [3.8, 4) is 0 Å². The maximum atomic E-state index is 12.3. The summed E-state index contributed by atoms with van der Waals surface area (Å²) in [4.78, 5) is 22.7. The Hall–Kier alpha value is -2.18. The summed E-state index contributed by atoms with van der Waals surface area (Å²) in [5.74, 6) is 1.12. The largest absolute Gasteiger partial charge is 0.444 e. The van der Waals surface area contributed by atoms with Crippen molar-refractivity contribution in [2.24, 2.45) is 0 Å². The fourth-order valence-corrected chi connectivity index (χ4v) is 2.41. The van der Waals surface area contributed by atoms with Crippen molar-refractivity contribution in [2.75, 3.05) is 7.05 Å². The van der Waals surface area contributed by atoms with Crippen LogP contribution in [0.3, 0.4) is 0 Å². The van der Waals surface area contributed by atoms with Gasteiger partial charge in [-0.2, -0.15) is 4.98 Å². The molecule has 2 aromatic rings. The van der Waals surface area contributed by atoms with Crippen LogP contribution in [0.2, 0.25) is 0 Å². The number of hydrogen-bond donors (Lipinski definition) is 0. The average molecular weight is 319 g/mol. The summed E-state index contributed by atoms with van der Waals surface area (Å²) in [5, 5.41) is 4.52. The molecule has 0 aliphatic heterocycles. The lowest BCUT2D eigenvalue weighted by Gasteiger charge is -2.28. The van der Waals surface area contributed by atoms with Crippen LogP contribution in [0.5, 0.6) is 0 Å². The Kier molecular flexibility index (Phi) is 4.58. The smallest absolute Gasteiger partial charge is 0.410 e. The Labute approximate surface area is 136 Å². The van der Waals surface area contributed by atoms with Crippen LogP contribution < -0.4 is 0 Å². The summed E-state index contributed by atoms with van der Waals surface area (Å²) in [7, 11) is 1.71. The SMILES string of the molecule is CCC(c1nc2nc(C)cc(C)n2n1)N(C)C(=O)OC(C)(C)C. The Morgan fingerprint density at radius 2 is 2.00 bits per heavy atom. The number of nitrogens with zero attached hydrogens (tertiary/aromatic N) is 5. The molecule has 0 bridgehead atoms. The van der Waals surface area contributed by atoms with Crippen molar-refractivity contribution in [1.82, 2.24) is 24.5 Å². The number of rotatable bonds is 3. The van der Waals surface area contributed by atoms with Gasteiger partial charge in [0.25, 0.3) is 5.78 Å². The van der Waals surface area contributed by atoms with Gasteiger partial charge in [0.1, 0.15) is 5.60 Å². The lowest BCUT2D eigenvalue weighted by atomic mass is 10.2. The van der Waals surface area contributed by atoms with Crippen LogP contribution in [0, 0.1) is 13.8 Å². The highest BCUT2D eigenvalue weighted by atomic mass is 16.6. The molecule has 2 aromatic heterocycles. The van der Waals surface area contributed by atoms with Crippen molar-refractivity contribution in [3.05, 3.63) is 23.3 Å². The van der Waals surface area contributed by atoms with Gasteiger partial charge in [-0.25, -0.2) is 14.3 Å². The molecule has 1 atom stereocenters. The molecular formula is C16H25N5O2. The Bertz CT molecular complexity index is 717. The van der Waals surface area contributed by atoms with E-state index in [1.54, 1.807) is 16.5 Å². The number of fused-ring (bicyclic) bond motifs is 1. The number of aromatic nitrogens is 4. The average Bonchev–Trinajstić information content (AvgIpc) is 2.81. The molecule has 1 unspecified atom stereocenters. The minimum absolute atomic E-state index is 0.258. The first kappa shape index (κ1) is 17.2. The molecule has 0 aliphatic rings. The van der Waals surface area contributed by atoms with Crippen molar-refractivity contribution in [2.45, 2.75) is 59.6 Å². The first-order valence-corrected chi connectivity index (χ1v) is 7.79. The van der Waals surface area contributed by atoms with Crippen molar-refractivity contribution in [1.29, 1.82) is 0 Å². The molecule has 23 heavy (non-hydrogen) atoms. The van der Waals surface area contributed by atoms with Gasteiger partial charge in [-0.05, 0) is 47.1 Å². The van der Waals surface area contributed by atoms with Gasteiger partial charge in [0, 0.05) is 18.4 Å². The number of aryl methyl sites for hydroxylation is 2. The normalized spacial score (nSPS) is 13.2. The second kappa shape index (κ2) is 6.14. The molecule has 0 radical (unpaired) electrons. The van der Waals surface area contributed by atoms with E-state index in [0.29, 0.717) is 18.0 Å². The monoisotopic (exact) mass is 319 g/mol. The van der Waals surface area contributed by atoms with Crippen molar-refractivity contribution >= 4 is 11.9 Å². The van der Waals surface area contributed by atoms with Crippen LogP contribution in [0.1, 0.15) is 57.4 Å². The lowest BCUT2D eigenvalue weighted by molar-refractivity contribution is 0.0208. The van der Waals surface area contributed by atoms with E-state index in [0.717, 1.165) is 11.4 Å². The first-order valence-electron chi connectivity index (χ1n) is 7.79. The number of amides is 1. The molecule has 0 aromatic carbocycles. The Balaban J connectivity index is 2.34. The number of carbonyl (C=O) groups is 1. The molecule has 0 saturated heterocycles. The third kappa shape index (κ3) is 3.78. The zero-order valence-electron chi connectivity index (χ0n) is 14.9. The molecule has 0 spiro atoms. The van der Waals surface area contributed by atoms with Crippen molar-refractivity contribution in [3.63, 3.8) is 0 Å². The second-order valence-electron chi connectivity index (χ2n) is 6.74. The van der Waals surface area contributed by atoms with Crippen LogP contribution in [-0.4, -0.2) is 43.2 Å². The van der Waals surface area contributed by atoms with Gasteiger partial charge in [-0.3, -0.25) is 0 Å². The standard InChI is InChI=1S/C16H25N5O2/c1-8-12(20(7)15(22)23-16(4,5)6)13-18-14-17-10(2)9-11(3)21(14)19-13/h9,12H,8H2,1-7H3. The number of ether oxygens (including phenoxy) is 1. The summed E-state index contributed by atoms with van der Waals surface area (Å²) < 4.78 is 7.13. The van der Waals surface area contributed by atoms with Gasteiger partial charge in [-0.15, -0.1) is 5.10 Å². The summed E-state index contributed by atoms with van der Waals surface area (Å²) >= 11 is 0. The van der Waals surface area contributed by atoms with Crippen LogP contribution in [-0.2, 0) is 4.74 Å². The van der Waals surface area contributed by atoms with Crippen LogP contribution in [0.25, 0.3) is 5.78 Å². The predicted octanol–water partition coefficient (Wildman–Crippen LogP) is 3.06. The van der Waals surface area contributed by atoms with Crippen molar-refractivity contribution < 1.29 is 9.53 Å². The maximum Gasteiger partial charge on any atom is 0.410 e. The molecule has 7 nitrogen and oxygen atoms in total. The summed E-state index contributed by atoms with van der Waals surface area (Å²) in [5.41, 5.74) is 1.31. The van der Waals surface area contributed by atoms with E-state index in [1.807, 2.05) is 47.6 Å². The van der Waals surface area contributed by atoms with Gasteiger partial charge in [0.05, 0.1) is 6.04 Å². The first-order chi connectivity index (χ1) is 10.6. The second-order valence-corrected chi connectivity index (χ2v) is 6.74. The van der Waals surface area contributed by atoms with E-state index in [4.69, 9.17) is 4.74 Å². The minimum Gasteiger partial charge on any atom is -0.444 e. The molecule has 2 rings (SSSR count). The molecule has 7 heteroatoms. The Morgan fingerprint density at radius 1 is 1.35 bits per heavy atom. The lowest BCUT2D eigenvalue weighted by Crippen LogP contribution is -2.36. The summed E-state index contributed by atoms with van der Waals surface area (Å²) in [6, 6.07) is 1.69. The zero-order valence-corrected chi connectivity index (χ0v) is 14.9. The third-order valence-electron chi connectivity index (χ3n) is 3.47. The molecule has 0 aliphatic carbocycles. The molecule has 0 saturated carbocycles. The van der Waals surface area contributed by atoms with E-state index < -0.39 is 5.60 Å². The van der Waals surface area contributed by atoms with E-state index in [2.05, 4.69) is 15.1 Å². The molecule has 1 amide bonds. The molecule has 126 valence electrons. The highest BCUT2D eigenvalue weighted by Crippen LogP contribution is 2.23. The quantitative estimate of drug-likeness (QED) is 0.869. The number of hydrogen-bond acceptors (Lipinski definition) is 5. The Morgan fingerprint density at radius 3 is 2.57 bits per heavy atom. The summed E-state index contributed by atoms with van der Waals surface area (Å²) in [6.07, 6.45) is 0.300. The van der Waals surface area contributed by atoms with E-state index in [-0.39, 0.29) is 12.1 Å². The van der Waals surface area contributed by atoms with Gasteiger partial charge in [-0.1, -0.05) is 6.92 Å². The molecular weight excluding hydrogens is 294 g/mol. The molecule has 2 heterocycles. The van der Waals surface area contributed by atoms with E-state index in [1.165, 1.54) is 0 Å². The van der Waals surface area contributed by atoms with Gasteiger partial charge < -0.3 is 9.64 Å². The van der Waals surface area contributed by atoms with Gasteiger partial charge in [0.15, 0.2) is 5.82 Å². The van der Waals surface area contributed by atoms with Crippen LogP contribution in [0.4, 0.5) is 4.79 Å². The fraction of sp³-hybridized carbons (Fsp3) is 0.625.